The van der Waals surface area contributed by atoms with Crippen LogP contribution in [0.4, 0.5) is 14.9 Å². The number of halogens is 1. The number of benzene rings is 2. The summed E-state index contributed by atoms with van der Waals surface area (Å²) in [5.74, 6) is 0.812. The van der Waals surface area contributed by atoms with E-state index in [1.54, 1.807) is 43.4 Å². The van der Waals surface area contributed by atoms with Crippen molar-refractivity contribution in [3.63, 3.8) is 0 Å². The number of urea groups is 1. The van der Waals surface area contributed by atoms with Gasteiger partial charge in [-0.2, -0.15) is 0 Å². The van der Waals surface area contributed by atoms with E-state index in [9.17, 15) is 9.18 Å². The van der Waals surface area contributed by atoms with Crippen molar-refractivity contribution in [2.24, 2.45) is 0 Å². The highest BCUT2D eigenvalue weighted by Crippen LogP contribution is 2.39. The second-order valence-electron chi connectivity index (χ2n) is 6.74. The third-order valence-electron chi connectivity index (χ3n) is 5.15. The molecule has 3 aromatic rings. The summed E-state index contributed by atoms with van der Waals surface area (Å²) in [4.78, 5) is 14.8. The molecule has 1 aromatic heterocycles. The molecule has 1 aliphatic rings. The van der Waals surface area contributed by atoms with Gasteiger partial charge in [0.15, 0.2) is 0 Å². The van der Waals surface area contributed by atoms with E-state index in [1.165, 1.54) is 6.07 Å². The van der Waals surface area contributed by atoms with E-state index in [-0.39, 0.29) is 17.8 Å². The van der Waals surface area contributed by atoms with E-state index in [0.29, 0.717) is 24.6 Å². The number of nitrogens with zero attached hydrogens (tertiary/aromatic N) is 2. The Hall–Kier alpha value is -3.48. The highest BCUT2D eigenvalue weighted by molar-refractivity contribution is 5.90. The Labute approximate surface area is 168 Å². The van der Waals surface area contributed by atoms with Crippen LogP contribution in [0, 0.1) is 5.82 Å². The Bertz CT molecular complexity index is 1030. The second kappa shape index (κ2) is 7.87. The Kier molecular flexibility index (Phi) is 5.12. The number of anilines is 1. The number of hydrogen-bond donors (Lipinski definition) is 1. The Balaban J connectivity index is 1.74. The van der Waals surface area contributed by atoms with Crippen molar-refractivity contribution in [3.05, 3.63) is 77.9 Å². The normalized spacial score (nSPS) is 15.6. The van der Waals surface area contributed by atoms with Gasteiger partial charge in [0.05, 0.1) is 19.9 Å². The molecule has 0 aliphatic carbocycles. The zero-order valence-electron chi connectivity index (χ0n) is 16.3. The first kappa shape index (κ1) is 18.9. The van der Waals surface area contributed by atoms with Gasteiger partial charge in [-0.3, -0.25) is 0 Å². The molecule has 0 saturated carbocycles. The summed E-state index contributed by atoms with van der Waals surface area (Å²) in [5.41, 5.74) is 1.94. The molecular weight excluding hydrogens is 373 g/mol. The minimum atomic E-state index is -0.472. The molecule has 1 unspecified atom stereocenters. The predicted molar refractivity (Wildman–Crippen MR) is 108 cm³/mol. The van der Waals surface area contributed by atoms with Crippen LogP contribution >= 0.6 is 0 Å². The van der Waals surface area contributed by atoms with Gasteiger partial charge >= 0.3 is 6.03 Å². The first-order valence-electron chi connectivity index (χ1n) is 9.31. The van der Waals surface area contributed by atoms with Gasteiger partial charge in [-0.25, -0.2) is 9.18 Å². The summed E-state index contributed by atoms with van der Waals surface area (Å²) in [7, 11) is 3.18. The molecule has 0 radical (unpaired) electrons. The minimum absolute atomic E-state index is 0.152. The van der Waals surface area contributed by atoms with E-state index in [0.717, 1.165) is 11.3 Å². The van der Waals surface area contributed by atoms with Gasteiger partial charge in [-0.15, -0.1) is 0 Å². The quantitative estimate of drug-likeness (QED) is 0.717. The molecule has 1 N–H and O–H groups in total. The van der Waals surface area contributed by atoms with Crippen molar-refractivity contribution in [3.8, 4) is 11.5 Å². The molecule has 0 bridgehead atoms. The highest BCUT2D eigenvalue weighted by Gasteiger charge is 2.34. The van der Waals surface area contributed by atoms with Gasteiger partial charge in [0.2, 0.25) is 0 Å². The van der Waals surface area contributed by atoms with Crippen LogP contribution in [0.25, 0.3) is 0 Å². The third-order valence-corrected chi connectivity index (χ3v) is 5.15. The van der Waals surface area contributed by atoms with E-state index >= 15 is 0 Å². The van der Waals surface area contributed by atoms with E-state index in [1.807, 2.05) is 30.5 Å². The number of rotatable bonds is 4. The largest absolute Gasteiger partial charge is 0.497 e. The van der Waals surface area contributed by atoms with Crippen LogP contribution in [0.5, 0.6) is 11.5 Å². The average molecular weight is 395 g/mol. The number of aromatic nitrogens is 1. The van der Waals surface area contributed by atoms with Gasteiger partial charge in [-0.1, -0.05) is 12.1 Å². The molecule has 2 heterocycles. The zero-order valence-corrected chi connectivity index (χ0v) is 16.3. The Morgan fingerprint density at radius 1 is 1.07 bits per heavy atom. The molecule has 1 aliphatic heterocycles. The van der Waals surface area contributed by atoms with Crippen molar-refractivity contribution < 1.29 is 18.7 Å². The lowest BCUT2D eigenvalue weighted by Crippen LogP contribution is -2.44. The van der Waals surface area contributed by atoms with Crippen LogP contribution in [0.2, 0.25) is 0 Å². The summed E-state index contributed by atoms with van der Waals surface area (Å²) < 4.78 is 27.1. The van der Waals surface area contributed by atoms with Crippen LogP contribution in [0.15, 0.2) is 60.8 Å². The van der Waals surface area contributed by atoms with Crippen LogP contribution in [-0.2, 0) is 6.54 Å². The molecule has 2 amide bonds. The smallest absolute Gasteiger partial charge is 0.322 e. The van der Waals surface area contributed by atoms with Gasteiger partial charge in [-0.05, 0) is 36.4 Å². The van der Waals surface area contributed by atoms with E-state index in [4.69, 9.17) is 9.47 Å². The maximum Gasteiger partial charge on any atom is 0.322 e. The summed E-state index contributed by atoms with van der Waals surface area (Å²) in [6, 6.07) is 14.9. The fourth-order valence-electron chi connectivity index (χ4n) is 3.72. The molecule has 0 spiro atoms. The molecule has 1 atom stereocenters. The molecule has 4 rings (SSSR count). The maximum absolute atomic E-state index is 14.1. The van der Waals surface area contributed by atoms with Crippen molar-refractivity contribution >= 4 is 11.7 Å². The van der Waals surface area contributed by atoms with Crippen molar-refractivity contribution in [2.75, 3.05) is 26.1 Å². The van der Waals surface area contributed by atoms with Gasteiger partial charge in [0, 0.05) is 36.6 Å². The van der Waals surface area contributed by atoms with Crippen LogP contribution in [-0.4, -0.2) is 36.3 Å². The van der Waals surface area contributed by atoms with Crippen LogP contribution < -0.4 is 14.8 Å². The molecule has 29 heavy (non-hydrogen) atoms. The third kappa shape index (κ3) is 3.51. The number of ether oxygens (including phenoxy) is 2. The first-order valence-corrected chi connectivity index (χ1v) is 9.31. The molecule has 150 valence electrons. The highest BCUT2D eigenvalue weighted by atomic mass is 19.1. The Morgan fingerprint density at radius 3 is 2.66 bits per heavy atom. The van der Waals surface area contributed by atoms with E-state index < -0.39 is 5.82 Å². The number of hydrogen-bond acceptors (Lipinski definition) is 3. The minimum Gasteiger partial charge on any atom is -0.497 e. The summed E-state index contributed by atoms with van der Waals surface area (Å²) >= 11 is 0. The average Bonchev–Trinajstić information content (AvgIpc) is 3.23. The fourth-order valence-corrected chi connectivity index (χ4v) is 3.72. The van der Waals surface area contributed by atoms with Gasteiger partial charge in [0.1, 0.15) is 23.4 Å². The van der Waals surface area contributed by atoms with Gasteiger partial charge in [0.25, 0.3) is 0 Å². The number of carbonyl (C=O) groups excluding carboxylic acids is 1. The fraction of sp³-hybridized carbons (Fsp3) is 0.227. The number of para-hydroxylation sites is 1. The number of nitrogens with one attached hydrogen (secondary N) is 1. The van der Waals surface area contributed by atoms with Crippen LogP contribution in [0.1, 0.15) is 17.3 Å². The van der Waals surface area contributed by atoms with Crippen molar-refractivity contribution in [2.45, 2.75) is 12.6 Å². The van der Waals surface area contributed by atoms with Gasteiger partial charge < -0.3 is 24.3 Å². The number of carbonyl (C=O) groups is 1. The maximum atomic E-state index is 14.1. The topological polar surface area (TPSA) is 55.7 Å². The molecule has 0 saturated heterocycles. The molecular formula is C22H22FN3O3. The van der Waals surface area contributed by atoms with E-state index in [2.05, 4.69) is 9.88 Å². The number of amides is 2. The number of fused-ring (bicyclic) bond motifs is 1. The lowest BCUT2D eigenvalue weighted by atomic mass is 9.99. The molecule has 2 aromatic carbocycles. The predicted octanol–water partition coefficient (Wildman–Crippen LogP) is 4.28. The zero-order chi connectivity index (χ0) is 20.4. The number of methoxy groups -OCH3 is 2. The molecule has 7 heteroatoms. The molecule has 0 fully saturated rings. The standard InChI is InChI=1S/C22H22FN3O3/c1-28-15-9-10-16(20(14-15)29-2)21-19-8-5-11-25(19)12-13-26(21)22(27)24-18-7-4-3-6-17(18)23/h3-11,14,21H,12-13H2,1-2H3,(H,24,27). The summed E-state index contributed by atoms with van der Waals surface area (Å²) in [5, 5.41) is 2.70. The molecule has 6 nitrogen and oxygen atoms in total. The SMILES string of the molecule is COc1ccc(C2c3cccn3CCN2C(=O)Nc2ccccc2F)c(OC)c1. The monoisotopic (exact) mass is 395 g/mol. The lowest BCUT2D eigenvalue weighted by molar-refractivity contribution is 0.180. The van der Waals surface area contributed by atoms with Crippen molar-refractivity contribution in [1.29, 1.82) is 0 Å². The lowest BCUT2D eigenvalue weighted by Gasteiger charge is -2.37. The summed E-state index contributed by atoms with van der Waals surface area (Å²) in [6.07, 6.45) is 1.99. The van der Waals surface area contributed by atoms with Crippen molar-refractivity contribution in [1.82, 2.24) is 9.47 Å². The summed E-state index contributed by atoms with van der Waals surface area (Å²) in [6.45, 7) is 1.13. The Morgan fingerprint density at radius 2 is 1.90 bits per heavy atom. The van der Waals surface area contributed by atoms with Crippen LogP contribution in [0.3, 0.4) is 0 Å². The first-order chi connectivity index (χ1) is 14.1. The second-order valence-corrected chi connectivity index (χ2v) is 6.74.